The third-order valence-corrected chi connectivity index (χ3v) is 10.5. The summed E-state index contributed by atoms with van der Waals surface area (Å²) in [6.07, 6.45) is 11.5. The highest BCUT2D eigenvalue weighted by atomic mass is 16.3. The Bertz CT molecular complexity index is 1180. The fraction of sp³-hybridized carbons (Fsp3) is 0.808. The van der Waals surface area contributed by atoms with Crippen LogP contribution in [-0.2, 0) is 18.4 Å². The SMILES string of the molecule is Cn1ccc(-n2nnn(CC(=O)[C@H]3CCC4C5CC[C@@H]6C[C@](C)(O)CC[C@@H]6[C@H]5CC[C@@]43C)c2=O)n1. The molecule has 9 nitrogen and oxygen atoms in total. The first-order chi connectivity index (χ1) is 16.7. The lowest BCUT2D eigenvalue weighted by Crippen LogP contribution is -2.51. The van der Waals surface area contributed by atoms with E-state index in [1.807, 2.05) is 6.92 Å². The second-order valence-corrected chi connectivity index (χ2v) is 12.5. The normalized spacial score (nSPS) is 40.7. The third-order valence-electron chi connectivity index (χ3n) is 10.5. The smallest absolute Gasteiger partial charge is 0.370 e. The van der Waals surface area contributed by atoms with Crippen LogP contribution in [0.3, 0.4) is 0 Å². The molecule has 2 heterocycles. The van der Waals surface area contributed by atoms with E-state index in [1.54, 1.807) is 24.0 Å². The van der Waals surface area contributed by atoms with Crippen molar-refractivity contribution in [2.24, 2.45) is 48.0 Å². The van der Waals surface area contributed by atoms with Crippen molar-refractivity contribution in [3.8, 4) is 5.82 Å². The van der Waals surface area contributed by atoms with Crippen LogP contribution >= 0.6 is 0 Å². The molecule has 0 aromatic carbocycles. The minimum absolute atomic E-state index is 0.00579. The number of fused-ring (bicyclic) bond motifs is 5. The van der Waals surface area contributed by atoms with Crippen LogP contribution in [0.1, 0.15) is 71.6 Å². The molecule has 0 aliphatic heterocycles. The van der Waals surface area contributed by atoms with E-state index in [-0.39, 0.29) is 23.7 Å². The number of Topliss-reactive ketones (excluding diaryl/α,β-unsaturated/α-hetero) is 1. The maximum Gasteiger partial charge on any atom is 0.370 e. The Morgan fingerprint density at radius 3 is 2.63 bits per heavy atom. The van der Waals surface area contributed by atoms with Gasteiger partial charge < -0.3 is 5.11 Å². The van der Waals surface area contributed by atoms with Gasteiger partial charge in [0.05, 0.1) is 5.60 Å². The van der Waals surface area contributed by atoms with E-state index in [0.717, 1.165) is 55.0 Å². The Morgan fingerprint density at radius 2 is 1.86 bits per heavy atom. The summed E-state index contributed by atoms with van der Waals surface area (Å²) in [6.45, 7) is 4.34. The molecule has 4 saturated carbocycles. The molecule has 4 aliphatic rings. The third kappa shape index (κ3) is 3.72. The van der Waals surface area contributed by atoms with E-state index < -0.39 is 11.3 Å². The summed E-state index contributed by atoms with van der Waals surface area (Å²) in [5, 5.41) is 22.8. The molecule has 0 saturated heterocycles. The molecule has 35 heavy (non-hydrogen) atoms. The van der Waals surface area contributed by atoms with Crippen molar-refractivity contribution >= 4 is 5.78 Å². The summed E-state index contributed by atoms with van der Waals surface area (Å²) < 4.78 is 3.95. The van der Waals surface area contributed by atoms with Crippen molar-refractivity contribution in [3.63, 3.8) is 0 Å². The van der Waals surface area contributed by atoms with E-state index >= 15 is 0 Å². The van der Waals surface area contributed by atoms with Crippen LogP contribution in [0.4, 0.5) is 0 Å². The summed E-state index contributed by atoms with van der Waals surface area (Å²) in [5.41, 5.74) is -0.906. The predicted octanol–water partition coefficient (Wildman–Crippen LogP) is 2.75. The molecular weight excluding hydrogens is 444 g/mol. The van der Waals surface area contributed by atoms with Crippen LogP contribution in [0.15, 0.2) is 17.1 Å². The molecule has 1 N–H and O–H groups in total. The molecule has 0 radical (unpaired) electrons. The van der Waals surface area contributed by atoms with Gasteiger partial charge in [0.15, 0.2) is 11.6 Å². The maximum atomic E-state index is 13.6. The second-order valence-electron chi connectivity index (χ2n) is 12.5. The molecule has 4 aliphatic carbocycles. The van der Waals surface area contributed by atoms with E-state index in [1.165, 1.54) is 23.9 Å². The van der Waals surface area contributed by atoms with Gasteiger partial charge in [-0.1, -0.05) is 6.92 Å². The van der Waals surface area contributed by atoms with Gasteiger partial charge in [0, 0.05) is 25.2 Å². The minimum atomic E-state index is -0.488. The van der Waals surface area contributed by atoms with Crippen LogP contribution in [0.25, 0.3) is 5.82 Å². The number of ketones is 1. The van der Waals surface area contributed by atoms with Crippen molar-refractivity contribution in [3.05, 3.63) is 22.7 Å². The van der Waals surface area contributed by atoms with E-state index in [4.69, 9.17) is 0 Å². The number of aliphatic hydroxyl groups is 1. The molecule has 6 rings (SSSR count). The number of hydrogen-bond acceptors (Lipinski definition) is 6. The van der Waals surface area contributed by atoms with Crippen molar-refractivity contribution in [1.82, 2.24) is 29.6 Å². The summed E-state index contributed by atoms with van der Waals surface area (Å²) in [5.74, 6) is 3.93. The monoisotopic (exact) mass is 482 g/mol. The number of aromatic nitrogens is 6. The van der Waals surface area contributed by atoms with E-state index in [2.05, 4.69) is 22.4 Å². The number of carbonyl (C=O) groups is 1. The lowest BCUT2D eigenvalue weighted by molar-refractivity contribution is -0.133. The largest absolute Gasteiger partial charge is 0.390 e. The lowest BCUT2D eigenvalue weighted by atomic mass is 9.49. The Balaban J connectivity index is 1.17. The van der Waals surface area contributed by atoms with E-state index in [9.17, 15) is 14.7 Å². The highest BCUT2D eigenvalue weighted by Crippen LogP contribution is 2.64. The van der Waals surface area contributed by atoms with Crippen LogP contribution in [0.2, 0.25) is 0 Å². The predicted molar refractivity (Wildman–Crippen MR) is 129 cm³/mol. The van der Waals surface area contributed by atoms with Crippen molar-refractivity contribution in [2.75, 3.05) is 0 Å². The molecule has 0 bridgehead atoms. The van der Waals surface area contributed by atoms with Crippen LogP contribution in [0.5, 0.6) is 0 Å². The molecule has 2 aromatic rings. The molecule has 0 amide bonds. The van der Waals surface area contributed by atoms with Crippen molar-refractivity contribution in [1.29, 1.82) is 0 Å². The average Bonchev–Trinajstić information content (AvgIpc) is 3.49. The second kappa shape index (κ2) is 8.11. The zero-order valence-electron chi connectivity index (χ0n) is 21.1. The summed E-state index contributed by atoms with van der Waals surface area (Å²) >= 11 is 0. The first-order valence-corrected chi connectivity index (χ1v) is 13.4. The minimum Gasteiger partial charge on any atom is -0.390 e. The van der Waals surface area contributed by atoms with E-state index in [0.29, 0.717) is 23.6 Å². The first kappa shape index (κ1) is 23.1. The Kier molecular flexibility index (Phi) is 5.36. The molecule has 2 aromatic heterocycles. The Labute approximate surface area is 205 Å². The highest BCUT2D eigenvalue weighted by Gasteiger charge is 2.58. The van der Waals surface area contributed by atoms with Crippen molar-refractivity contribution < 1.29 is 9.90 Å². The van der Waals surface area contributed by atoms with Gasteiger partial charge in [-0.15, -0.1) is 4.68 Å². The van der Waals surface area contributed by atoms with Gasteiger partial charge in [0.1, 0.15) is 6.54 Å². The van der Waals surface area contributed by atoms with Gasteiger partial charge in [-0.25, -0.2) is 4.79 Å². The van der Waals surface area contributed by atoms with Crippen LogP contribution in [-0.4, -0.2) is 46.1 Å². The fourth-order valence-electron chi connectivity index (χ4n) is 8.90. The number of rotatable bonds is 4. The molecule has 0 spiro atoms. The summed E-state index contributed by atoms with van der Waals surface area (Å²) in [6, 6.07) is 1.70. The number of aryl methyl sites for hydroxylation is 1. The molecule has 9 heteroatoms. The average molecular weight is 483 g/mol. The maximum absolute atomic E-state index is 13.6. The molecule has 2 unspecified atom stereocenters. The van der Waals surface area contributed by atoms with Gasteiger partial charge in [-0.3, -0.25) is 9.48 Å². The lowest BCUT2D eigenvalue weighted by Gasteiger charge is -2.56. The zero-order chi connectivity index (χ0) is 24.5. The van der Waals surface area contributed by atoms with Gasteiger partial charge in [-0.2, -0.15) is 9.78 Å². The standard InChI is InChI=1S/C26H38N6O3/c1-25(35)11-8-17-16(14-25)4-5-19-18(17)9-12-26(2)20(19)6-7-21(26)22(33)15-31-24(34)32(29-28-31)23-10-13-30(3)27-23/h10,13,16-21,35H,4-9,11-12,14-15H2,1-3H3/t16-,17+,18-,19?,20?,21-,25-,26+/m1/s1. The summed E-state index contributed by atoms with van der Waals surface area (Å²) in [7, 11) is 1.78. The molecule has 190 valence electrons. The Morgan fingerprint density at radius 1 is 1.06 bits per heavy atom. The quantitative estimate of drug-likeness (QED) is 0.718. The van der Waals surface area contributed by atoms with Crippen LogP contribution < -0.4 is 5.69 Å². The number of hydrogen-bond donors (Lipinski definition) is 1. The molecule has 4 fully saturated rings. The highest BCUT2D eigenvalue weighted by molar-refractivity contribution is 5.82. The number of nitrogens with zero attached hydrogens (tertiary/aromatic N) is 6. The molecule has 8 atom stereocenters. The first-order valence-electron chi connectivity index (χ1n) is 13.4. The number of carbonyl (C=O) groups excluding carboxylic acids is 1. The van der Waals surface area contributed by atoms with Gasteiger partial charge >= 0.3 is 5.69 Å². The van der Waals surface area contributed by atoms with Crippen LogP contribution in [0, 0.1) is 40.9 Å². The molecular formula is C26H38N6O3. The van der Waals surface area contributed by atoms with Gasteiger partial charge in [-0.05, 0) is 110 Å². The summed E-state index contributed by atoms with van der Waals surface area (Å²) in [4.78, 5) is 26.4. The fourth-order valence-corrected chi connectivity index (χ4v) is 8.90. The number of tetrazole rings is 1. The van der Waals surface area contributed by atoms with Gasteiger partial charge in [0.25, 0.3) is 0 Å². The van der Waals surface area contributed by atoms with Gasteiger partial charge in [0.2, 0.25) is 0 Å². The zero-order valence-corrected chi connectivity index (χ0v) is 21.1. The van der Waals surface area contributed by atoms with Crippen molar-refractivity contribution in [2.45, 2.75) is 83.8 Å². The Hall–Kier alpha value is -2.29. The topological polar surface area (TPSA) is 108 Å².